The molecule has 0 bridgehead atoms. The lowest BCUT2D eigenvalue weighted by atomic mass is 9.99. The Morgan fingerprint density at radius 1 is 0.938 bits per heavy atom. The molecule has 4 rings (SSSR count). The van der Waals surface area contributed by atoms with Crippen LogP contribution in [0.15, 0.2) is 36.4 Å². The number of fused-ring (bicyclic) bond motifs is 1. The molecular weight excluding hydrogens is 502 g/mol. The van der Waals surface area contributed by atoms with Gasteiger partial charge in [0, 0.05) is 20.1 Å². The van der Waals surface area contributed by atoms with E-state index in [9.17, 15) is 5.11 Å². The van der Waals surface area contributed by atoms with Crippen molar-refractivity contribution in [3.63, 3.8) is 0 Å². The third-order valence-electron chi connectivity index (χ3n) is 5.18. The van der Waals surface area contributed by atoms with E-state index < -0.39 is 23.8 Å². The SMILES string of the molecule is C#C[C@]12O[C@@H]1O[C@@](COCOCc1ccc(Cl)cc1Cl)(OCc1ccc(Cl)cc1Cl)[C@H]2O. The molecule has 2 aliphatic rings. The van der Waals surface area contributed by atoms with Crippen LogP contribution < -0.4 is 0 Å². The first-order valence-corrected chi connectivity index (χ1v) is 11.0. The molecule has 32 heavy (non-hydrogen) atoms. The van der Waals surface area contributed by atoms with Crippen LogP contribution in [0.1, 0.15) is 11.1 Å². The number of benzene rings is 2. The average molecular weight is 520 g/mol. The minimum Gasteiger partial charge on any atom is -0.383 e. The van der Waals surface area contributed by atoms with Gasteiger partial charge in [-0.3, -0.25) is 0 Å². The molecule has 170 valence electrons. The second-order valence-corrected chi connectivity index (χ2v) is 8.98. The van der Waals surface area contributed by atoms with Gasteiger partial charge in [0.25, 0.3) is 0 Å². The minimum atomic E-state index is -1.57. The number of ether oxygens (including phenoxy) is 5. The Bertz CT molecular complexity index is 1040. The van der Waals surface area contributed by atoms with E-state index in [0.29, 0.717) is 25.7 Å². The van der Waals surface area contributed by atoms with Crippen molar-refractivity contribution in [2.45, 2.75) is 37.0 Å². The van der Waals surface area contributed by atoms with E-state index in [1.54, 1.807) is 36.4 Å². The average Bonchev–Trinajstić information content (AvgIpc) is 3.41. The van der Waals surface area contributed by atoms with Crippen LogP contribution in [0, 0.1) is 12.3 Å². The summed E-state index contributed by atoms with van der Waals surface area (Å²) in [4.78, 5) is 0. The molecule has 0 aromatic heterocycles. The van der Waals surface area contributed by atoms with Crippen molar-refractivity contribution >= 4 is 46.4 Å². The van der Waals surface area contributed by atoms with Crippen LogP contribution in [0.3, 0.4) is 0 Å². The van der Waals surface area contributed by atoms with Gasteiger partial charge in [-0.1, -0.05) is 64.5 Å². The van der Waals surface area contributed by atoms with E-state index in [1.807, 2.05) is 0 Å². The number of epoxide rings is 1. The van der Waals surface area contributed by atoms with Gasteiger partial charge in [-0.15, -0.1) is 6.42 Å². The fourth-order valence-corrected chi connectivity index (χ4v) is 4.27. The predicted octanol–water partition coefficient (Wildman–Crippen LogP) is 4.82. The first kappa shape index (κ1) is 24.1. The number of terminal acetylenes is 1. The van der Waals surface area contributed by atoms with E-state index in [2.05, 4.69) is 5.92 Å². The number of hydrogen-bond acceptors (Lipinski definition) is 6. The molecule has 2 fully saturated rings. The summed E-state index contributed by atoms with van der Waals surface area (Å²) < 4.78 is 28.2. The Balaban J connectivity index is 1.37. The summed E-state index contributed by atoms with van der Waals surface area (Å²) in [5.41, 5.74) is 0.127. The molecule has 2 aromatic rings. The lowest BCUT2D eigenvalue weighted by Gasteiger charge is -2.33. The maximum atomic E-state index is 10.9. The van der Waals surface area contributed by atoms with Gasteiger partial charge in [0.15, 0.2) is 6.10 Å². The molecule has 2 saturated heterocycles. The molecule has 2 aromatic carbocycles. The topological polar surface area (TPSA) is 69.7 Å². The van der Waals surface area contributed by atoms with Crippen molar-refractivity contribution in [2.75, 3.05) is 13.4 Å². The third-order valence-corrected chi connectivity index (χ3v) is 6.35. The summed E-state index contributed by atoms with van der Waals surface area (Å²) in [5, 5.41) is 12.8. The quantitative estimate of drug-likeness (QED) is 0.221. The van der Waals surface area contributed by atoms with Crippen LogP contribution in [0.5, 0.6) is 0 Å². The van der Waals surface area contributed by atoms with E-state index in [0.717, 1.165) is 5.56 Å². The molecule has 6 nitrogen and oxygen atoms in total. The molecule has 2 aliphatic heterocycles. The second kappa shape index (κ2) is 9.65. The summed E-state index contributed by atoms with van der Waals surface area (Å²) in [5.74, 6) is 0.867. The minimum absolute atomic E-state index is 0.0189. The van der Waals surface area contributed by atoms with Crippen LogP contribution >= 0.6 is 46.4 Å². The van der Waals surface area contributed by atoms with Gasteiger partial charge in [0.2, 0.25) is 17.7 Å². The zero-order valence-electron chi connectivity index (χ0n) is 16.5. The maximum Gasteiger partial charge on any atom is 0.225 e. The zero-order chi connectivity index (χ0) is 22.9. The van der Waals surface area contributed by atoms with Crippen LogP contribution in [0.4, 0.5) is 0 Å². The highest BCUT2D eigenvalue weighted by Gasteiger charge is 2.77. The van der Waals surface area contributed by atoms with E-state index >= 15 is 0 Å². The Morgan fingerprint density at radius 3 is 2.12 bits per heavy atom. The van der Waals surface area contributed by atoms with Crippen molar-refractivity contribution in [3.05, 3.63) is 67.6 Å². The molecule has 0 spiro atoms. The second-order valence-electron chi connectivity index (χ2n) is 7.29. The van der Waals surface area contributed by atoms with Crippen molar-refractivity contribution in [1.82, 2.24) is 0 Å². The van der Waals surface area contributed by atoms with Crippen molar-refractivity contribution in [1.29, 1.82) is 0 Å². The number of rotatable bonds is 9. The summed E-state index contributed by atoms with van der Waals surface area (Å²) >= 11 is 24.2. The molecular formula is C22H18Cl4O6. The van der Waals surface area contributed by atoms with E-state index in [4.69, 9.17) is 76.5 Å². The van der Waals surface area contributed by atoms with Gasteiger partial charge in [-0.2, -0.15) is 0 Å². The van der Waals surface area contributed by atoms with Crippen LogP contribution in [-0.2, 0) is 36.9 Å². The van der Waals surface area contributed by atoms with Crippen LogP contribution in [-0.4, -0.2) is 42.3 Å². The van der Waals surface area contributed by atoms with Crippen molar-refractivity contribution in [3.8, 4) is 12.3 Å². The highest BCUT2D eigenvalue weighted by molar-refractivity contribution is 6.35. The number of hydrogen-bond donors (Lipinski definition) is 1. The lowest BCUT2D eigenvalue weighted by molar-refractivity contribution is -0.318. The van der Waals surface area contributed by atoms with Crippen LogP contribution in [0.25, 0.3) is 0 Å². The summed E-state index contributed by atoms with van der Waals surface area (Å²) in [6, 6.07) is 10.1. The maximum absolute atomic E-state index is 10.9. The molecule has 10 heteroatoms. The van der Waals surface area contributed by atoms with E-state index in [1.165, 1.54) is 0 Å². The Kier molecular flexibility index (Phi) is 7.26. The number of aliphatic hydroxyl groups excluding tert-OH is 1. The Labute approximate surface area is 205 Å². The first-order valence-electron chi connectivity index (χ1n) is 9.48. The fraction of sp³-hybridized carbons (Fsp3) is 0.364. The summed E-state index contributed by atoms with van der Waals surface area (Å²) in [6.45, 7) is -0.0633. The molecule has 2 heterocycles. The normalized spacial score (nSPS) is 28.4. The molecule has 0 aliphatic carbocycles. The number of halogens is 4. The van der Waals surface area contributed by atoms with Gasteiger partial charge in [0.1, 0.15) is 13.4 Å². The highest BCUT2D eigenvalue weighted by atomic mass is 35.5. The van der Waals surface area contributed by atoms with Crippen molar-refractivity contribution in [2.24, 2.45) is 0 Å². The van der Waals surface area contributed by atoms with E-state index in [-0.39, 0.29) is 26.6 Å². The molecule has 0 amide bonds. The van der Waals surface area contributed by atoms with Gasteiger partial charge < -0.3 is 28.8 Å². The third kappa shape index (κ3) is 4.75. The Hall–Kier alpha value is -1.08. The molecule has 0 radical (unpaired) electrons. The van der Waals surface area contributed by atoms with Gasteiger partial charge in [0.05, 0.1) is 13.2 Å². The Morgan fingerprint density at radius 2 is 1.56 bits per heavy atom. The highest BCUT2D eigenvalue weighted by Crippen LogP contribution is 2.53. The monoisotopic (exact) mass is 518 g/mol. The molecule has 0 unspecified atom stereocenters. The molecule has 0 saturated carbocycles. The standard InChI is InChI=1S/C22H18Cl4O6/c1-2-21-19(27)22(32-20(21)31-21,30-10-14-4-6-16(24)8-18(14)26)11-29-12-28-9-13-3-5-15(23)7-17(13)25/h1,3-8,19-20,27H,9-12H2/t19-,20+,21+,22+/m0/s1. The lowest BCUT2D eigenvalue weighted by Crippen LogP contribution is -2.52. The van der Waals surface area contributed by atoms with Crippen LogP contribution in [0.2, 0.25) is 20.1 Å². The van der Waals surface area contributed by atoms with Gasteiger partial charge >= 0.3 is 0 Å². The molecule has 4 atom stereocenters. The van der Waals surface area contributed by atoms with Crippen molar-refractivity contribution < 1.29 is 28.8 Å². The predicted molar refractivity (Wildman–Crippen MR) is 120 cm³/mol. The zero-order valence-corrected chi connectivity index (χ0v) is 19.5. The number of aliphatic hydroxyl groups is 1. The molecule has 1 N–H and O–H groups in total. The fourth-order valence-electron chi connectivity index (χ4n) is 3.34. The first-order chi connectivity index (χ1) is 15.3. The van der Waals surface area contributed by atoms with Gasteiger partial charge in [-0.05, 0) is 35.4 Å². The van der Waals surface area contributed by atoms with Gasteiger partial charge in [-0.25, -0.2) is 0 Å². The summed E-state index contributed by atoms with van der Waals surface area (Å²) in [6.07, 6.45) is 3.46. The smallest absolute Gasteiger partial charge is 0.225 e. The largest absolute Gasteiger partial charge is 0.383 e. The summed E-state index contributed by atoms with van der Waals surface area (Å²) in [7, 11) is 0.